The van der Waals surface area contributed by atoms with E-state index in [1.165, 1.54) is 18.4 Å². The smallest absolute Gasteiger partial charge is 0.231 e. The lowest BCUT2D eigenvalue weighted by molar-refractivity contribution is 0.0992. The minimum atomic E-state index is 0.317. The third kappa shape index (κ3) is 3.29. The maximum Gasteiger partial charge on any atom is 0.231 e. The Balaban J connectivity index is 1.33. The molecule has 0 radical (unpaired) electrons. The number of guanidine groups is 1. The summed E-state index contributed by atoms with van der Waals surface area (Å²) in [7, 11) is 0. The van der Waals surface area contributed by atoms with Gasteiger partial charge in [-0.05, 0) is 50.3 Å². The highest BCUT2D eigenvalue weighted by atomic mass is 16.7. The lowest BCUT2D eigenvalue weighted by Gasteiger charge is -2.22. The van der Waals surface area contributed by atoms with Crippen LogP contribution in [-0.2, 0) is 11.2 Å². The Hall–Kier alpha value is -1.95. The Bertz CT molecular complexity index is 620. The summed E-state index contributed by atoms with van der Waals surface area (Å²) in [6, 6.07) is 6.49. The van der Waals surface area contributed by atoms with Crippen molar-refractivity contribution in [2.45, 2.75) is 50.9 Å². The SMILES string of the molecule is CCNC(=NCCc1ccc2c(c1)OCO2)NC1CC2CCC1O2. The average Bonchev–Trinajstić information content (AvgIpc) is 3.31. The van der Waals surface area contributed by atoms with Gasteiger partial charge in [0.25, 0.3) is 0 Å². The van der Waals surface area contributed by atoms with Crippen LogP contribution in [0.4, 0.5) is 0 Å². The van der Waals surface area contributed by atoms with E-state index < -0.39 is 0 Å². The predicted molar refractivity (Wildman–Crippen MR) is 91.7 cm³/mol. The molecule has 1 aromatic rings. The summed E-state index contributed by atoms with van der Waals surface area (Å²) in [4.78, 5) is 4.72. The van der Waals surface area contributed by atoms with Gasteiger partial charge in [0.15, 0.2) is 17.5 Å². The summed E-state index contributed by atoms with van der Waals surface area (Å²) in [5.41, 5.74) is 1.21. The quantitative estimate of drug-likeness (QED) is 0.637. The van der Waals surface area contributed by atoms with Gasteiger partial charge in [-0.15, -0.1) is 0 Å². The van der Waals surface area contributed by atoms with Crippen molar-refractivity contribution in [1.82, 2.24) is 10.6 Å². The van der Waals surface area contributed by atoms with Gasteiger partial charge < -0.3 is 24.8 Å². The maximum atomic E-state index is 5.91. The van der Waals surface area contributed by atoms with E-state index in [-0.39, 0.29) is 0 Å². The topological polar surface area (TPSA) is 64.1 Å². The van der Waals surface area contributed by atoms with Crippen LogP contribution in [0.5, 0.6) is 11.5 Å². The maximum absolute atomic E-state index is 5.91. The van der Waals surface area contributed by atoms with Gasteiger partial charge in [-0.3, -0.25) is 4.99 Å². The highest BCUT2D eigenvalue weighted by Gasteiger charge is 2.41. The highest BCUT2D eigenvalue weighted by Crippen LogP contribution is 2.34. The Kier molecular flexibility index (Phi) is 4.47. The Morgan fingerprint density at radius 3 is 2.96 bits per heavy atom. The van der Waals surface area contributed by atoms with Crippen LogP contribution in [0.3, 0.4) is 0 Å². The van der Waals surface area contributed by atoms with E-state index in [1.54, 1.807) is 0 Å². The molecule has 2 fully saturated rings. The van der Waals surface area contributed by atoms with Gasteiger partial charge in [-0.25, -0.2) is 0 Å². The van der Waals surface area contributed by atoms with E-state index in [0.29, 0.717) is 25.0 Å². The fourth-order valence-electron chi connectivity index (χ4n) is 3.68. The number of ether oxygens (including phenoxy) is 3. The van der Waals surface area contributed by atoms with Gasteiger partial charge in [0.2, 0.25) is 6.79 Å². The molecular weight excluding hydrogens is 306 g/mol. The first-order chi connectivity index (χ1) is 11.8. The Labute approximate surface area is 142 Å². The van der Waals surface area contributed by atoms with Crippen LogP contribution >= 0.6 is 0 Å². The van der Waals surface area contributed by atoms with Crippen LogP contribution in [0.2, 0.25) is 0 Å². The van der Waals surface area contributed by atoms with E-state index in [4.69, 9.17) is 19.2 Å². The number of hydrogen-bond donors (Lipinski definition) is 2. The lowest BCUT2D eigenvalue weighted by atomic mass is 9.96. The number of aliphatic imine (C=N–C) groups is 1. The van der Waals surface area contributed by atoms with Crippen LogP contribution < -0.4 is 20.1 Å². The van der Waals surface area contributed by atoms with Gasteiger partial charge in [0.1, 0.15) is 0 Å². The van der Waals surface area contributed by atoms with Gasteiger partial charge in [0.05, 0.1) is 18.2 Å². The van der Waals surface area contributed by atoms with Crippen molar-refractivity contribution in [2.75, 3.05) is 19.9 Å². The molecule has 130 valence electrons. The van der Waals surface area contributed by atoms with Crippen molar-refractivity contribution in [3.8, 4) is 11.5 Å². The van der Waals surface area contributed by atoms with Crippen molar-refractivity contribution in [3.05, 3.63) is 23.8 Å². The zero-order valence-corrected chi connectivity index (χ0v) is 14.1. The average molecular weight is 331 g/mol. The van der Waals surface area contributed by atoms with Crippen molar-refractivity contribution in [2.24, 2.45) is 4.99 Å². The number of nitrogens with zero attached hydrogens (tertiary/aromatic N) is 1. The Morgan fingerprint density at radius 2 is 2.17 bits per heavy atom. The van der Waals surface area contributed by atoms with E-state index in [9.17, 15) is 0 Å². The zero-order chi connectivity index (χ0) is 16.4. The number of hydrogen-bond acceptors (Lipinski definition) is 4. The van der Waals surface area contributed by atoms with Crippen LogP contribution in [0.15, 0.2) is 23.2 Å². The van der Waals surface area contributed by atoms with E-state index in [2.05, 4.69) is 23.6 Å². The van der Waals surface area contributed by atoms with Gasteiger partial charge in [-0.2, -0.15) is 0 Å². The first-order valence-electron chi connectivity index (χ1n) is 8.90. The fraction of sp³-hybridized carbons (Fsp3) is 0.611. The lowest BCUT2D eigenvalue weighted by Crippen LogP contribution is -2.47. The number of fused-ring (bicyclic) bond motifs is 3. The molecular formula is C18H25N3O3. The van der Waals surface area contributed by atoms with Crippen LogP contribution in [0, 0.1) is 0 Å². The molecule has 2 N–H and O–H groups in total. The summed E-state index contributed by atoms with van der Waals surface area (Å²) in [5, 5.41) is 6.88. The molecule has 3 atom stereocenters. The molecule has 3 aliphatic rings. The second-order valence-corrected chi connectivity index (χ2v) is 6.56. The molecule has 0 aromatic heterocycles. The molecule has 6 heteroatoms. The normalized spacial score (nSPS) is 27.5. The van der Waals surface area contributed by atoms with Crippen molar-refractivity contribution < 1.29 is 14.2 Å². The zero-order valence-electron chi connectivity index (χ0n) is 14.1. The minimum absolute atomic E-state index is 0.317. The van der Waals surface area contributed by atoms with E-state index in [1.807, 2.05) is 12.1 Å². The first-order valence-corrected chi connectivity index (χ1v) is 8.90. The standard InChI is InChI=1S/C18H25N3O3/c1-2-19-18(21-14-10-13-4-6-15(14)24-13)20-8-7-12-3-5-16-17(9-12)23-11-22-16/h3,5,9,13-15H,2,4,6-8,10-11H2,1H3,(H2,19,20,21). The van der Waals surface area contributed by atoms with Gasteiger partial charge in [-0.1, -0.05) is 6.07 Å². The number of benzene rings is 1. The summed E-state index contributed by atoms with van der Waals surface area (Å²) in [6.45, 7) is 4.00. The predicted octanol–water partition coefficient (Wildman–Crippen LogP) is 1.83. The first kappa shape index (κ1) is 15.6. The summed E-state index contributed by atoms with van der Waals surface area (Å²) < 4.78 is 16.7. The molecule has 2 bridgehead atoms. The molecule has 3 heterocycles. The molecule has 6 nitrogen and oxygen atoms in total. The van der Waals surface area contributed by atoms with Crippen LogP contribution in [0.1, 0.15) is 31.7 Å². The van der Waals surface area contributed by atoms with Crippen LogP contribution in [0.25, 0.3) is 0 Å². The van der Waals surface area contributed by atoms with Crippen LogP contribution in [-0.4, -0.2) is 44.1 Å². The minimum Gasteiger partial charge on any atom is -0.454 e. The monoisotopic (exact) mass is 331 g/mol. The molecule has 3 unspecified atom stereocenters. The molecule has 0 saturated carbocycles. The second-order valence-electron chi connectivity index (χ2n) is 6.56. The molecule has 0 spiro atoms. The molecule has 0 aliphatic carbocycles. The van der Waals surface area contributed by atoms with Crippen molar-refractivity contribution in [1.29, 1.82) is 0 Å². The summed E-state index contributed by atoms with van der Waals surface area (Å²) >= 11 is 0. The third-order valence-electron chi connectivity index (χ3n) is 4.88. The fourth-order valence-corrected chi connectivity index (χ4v) is 3.68. The third-order valence-corrected chi connectivity index (χ3v) is 4.88. The largest absolute Gasteiger partial charge is 0.454 e. The molecule has 1 aromatic carbocycles. The Morgan fingerprint density at radius 1 is 1.25 bits per heavy atom. The summed E-state index contributed by atoms with van der Waals surface area (Å²) in [6.07, 6.45) is 5.15. The molecule has 3 aliphatic heterocycles. The van der Waals surface area contributed by atoms with Gasteiger partial charge >= 0.3 is 0 Å². The number of rotatable bonds is 5. The van der Waals surface area contributed by atoms with Gasteiger partial charge in [0, 0.05) is 13.1 Å². The van der Waals surface area contributed by atoms with E-state index in [0.717, 1.165) is 43.4 Å². The van der Waals surface area contributed by atoms with Crippen molar-refractivity contribution >= 4 is 5.96 Å². The van der Waals surface area contributed by atoms with Crippen molar-refractivity contribution in [3.63, 3.8) is 0 Å². The summed E-state index contributed by atoms with van der Waals surface area (Å²) in [5.74, 6) is 2.55. The second kappa shape index (κ2) is 6.89. The number of nitrogens with one attached hydrogen (secondary N) is 2. The molecule has 2 saturated heterocycles. The molecule has 4 rings (SSSR count). The van der Waals surface area contributed by atoms with E-state index >= 15 is 0 Å². The molecule has 0 amide bonds. The molecule has 24 heavy (non-hydrogen) atoms. The highest BCUT2D eigenvalue weighted by molar-refractivity contribution is 5.80.